The van der Waals surface area contributed by atoms with Gasteiger partial charge in [-0.05, 0) is 76.7 Å². The van der Waals surface area contributed by atoms with Crippen molar-refractivity contribution in [1.29, 1.82) is 0 Å². The molecule has 0 saturated heterocycles. The Morgan fingerprint density at radius 1 is 0.476 bits per heavy atom. The Bertz CT molecular complexity index is 2220. The second kappa shape index (κ2) is 9.83. The number of hydrogen-bond donors (Lipinski definition) is 0. The normalized spacial score (nSPS) is 11.5. The van der Waals surface area contributed by atoms with E-state index in [0.717, 1.165) is 44.4 Å². The van der Waals surface area contributed by atoms with Crippen LogP contribution in [0.1, 0.15) is 0 Å². The molecule has 0 unspecified atom stereocenters. The van der Waals surface area contributed by atoms with Crippen molar-refractivity contribution in [3.8, 4) is 39.2 Å². The second-order valence-electron chi connectivity index (χ2n) is 10.6. The van der Waals surface area contributed by atoms with Gasteiger partial charge in [0.05, 0.1) is 16.7 Å². The van der Waals surface area contributed by atoms with E-state index in [1.54, 1.807) is 6.07 Å². The van der Waals surface area contributed by atoms with Gasteiger partial charge in [-0.1, -0.05) is 91.0 Å². The molecule has 0 aliphatic heterocycles. The lowest BCUT2D eigenvalue weighted by Crippen LogP contribution is -1.94. The van der Waals surface area contributed by atoms with E-state index < -0.39 is 0 Å². The van der Waals surface area contributed by atoms with Crippen LogP contribution in [0, 0.1) is 5.82 Å². The molecule has 0 aliphatic carbocycles. The van der Waals surface area contributed by atoms with Crippen molar-refractivity contribution in [2.75, 3.05) is 0 Å². The molecule has 0 bridgehead atoms. The number of fused-ring (bicyclic) bond motifs is 4. The molecule has 2 aromatic heterocycles. The fraction of sp³-hybridized carbons (Fsp3) is 0. The van der Waals surface area contributed by atoms with Crippen molar-refractivity contribution < 1.29 is 4.39 Å². The molecule has 8 rings (SSSR count). The van der Waals surface area contributed by atoms with Crippen LogP contribution < -0.4 is 0 Å². The molecule has 8 aromatic rings. The summed E-state index contributed by atoms with van der Waals surface area (Å²) in [6.07, 6.45) is 1.81. The van der Waals surface area contributed by atoms with Crippen LogP contribution in [0.15, 0.2) is 152 Å². The zero-order chi connectivity index (χ0) is 28.0. The van der Waals surface area contributed by atoms with Crippen LogP contribution in [0.5, 0.6) is 0 Å². The highest BCUT2D eigenvalue weighted by Gasteiger charge is 2.14. The van der Waals surface area contributed by atoms with Gasteiger partial charge < -0.3 is 4.57 Å². The van der Waals surface area contributed by atoms with Gasteiger partial charge in [0.25, 0.3) is 0 Å². The molecule has 0 saturated carbocycles. The van der Waals surface area contributed by atoms with Gasteiger partial charge >= 0.3 is 0 Å². The van der Waals surface area contributed by atoms with Crippen molar-refractivity contribution in [2.45, 2.75) is 0 Å². The zero-order valence-electron chi connectivity index (χ0n) is 22.7. The number of benzene rings is 6. The van der Waals surface area contributed by atoms with E-state index in [-0.39, 0.29) is 5.82 Å². The summed E-state index contributed by atoms with van der Waals surface area (Å²) < 4.78 is 17.7. The van der Waals surface area contributed by atoms with E-state index in [0.29, 0.717) is 5.56 Å². The molecule has 0 atom stereocenters. The zero-order valence-corrected chi connectivity index (χ0v) is 22.7. The van der Waals surface area contributed by atoms with Gasteiger partial charge in [0.15, 0.2) is 0 Å². The van der Waals surface area contributed by atoms with Gasteiger partial charge in [0.2, 0.25) is 0 Å². The smallest absolute Gasteiger partial charge is 0.131 e. The lowest BCUT2D eigenvalue weighted by molar-refractivity contribution is 0.631. The molecular formula is C39H25FN2. The number of rotatable bonds is 4. The minimum Gasteiger partial charge on any atom is -0.309 e. The van der Waals surface area contributed by atoms with E-state index in [1.165, 1.54) is 21.8 Å². The minimum atomic E-state index is -0.254. The topological polar surface area (TPSA) is 17.8 Å². The molecule has 6 aromatic carbocycles. The van der Waals surface area contributed by atoms with Crippen molar-refractivity contribution >= 4 is 32.6 Å². The average molecular weight is 541 g/mol. The van der Waals surface area contributed by atoms with E-state index in [1.807, 2.05) is 48.7 Å². The van der Waals surface area contributed by atoms with Gasteiger partial charge in [0, 0.05) is 39.2 Å². The lowest BCUT2D eigenvalue weighted by atomic mass is 9.95. The highest BCUT2D eigenvalue weighted by atomic mass is 19.1. The van der Waals surface area contributed by atoms with Gasteiger partial charge in [0.1, 0.15) is 5.82 Å². The Hall–Kier alpha value is -5.54. The summed E-state index contributed by atoms with van der Waals surface area (Å²) in [5, 5.41) is 4.62. The first-order valence-electron chi connectivity index (χ1n) is 14.1. The van der Waals surface area contributed by atoms with Gasteiger partial charge in [-0.15, -0.1) is 0 Å². The van der Waals surface area contributed by atoms with Crippen LogP contribution in [0.3, 0.4) is 0 Å². The molecule has 0 amide bonds. The molecule has 0 radical (unpaired) electrons. The highest BCUT2D eigenvalue weighted by molar-refractivity contribution is 6.09. The van der Waals surface area contributed by atoms with Crippen LogP contribution in [0.25, 0.3) is 71.8 Å². The van der Waals surface area contributed by atoms with Crippen molar-refractivity contribution in [3.05, 3.63) is 158 Å². The Balaban J connectivity index is 1.23. The fourth-order valence-corrected chi connectivity index (χ4v) is 6.14. The van der Waals surface area contributed by atoms with Crippen molar-refractivity contribution in [2.24, 2.45) is 0 Å². The third-order valence-electron chi connectivity index (χ3n) is 8.10. The third-order valence-corrected chi connectivity index (χ3v) is 8.10. The summed E-state index contributed by atoms with van der Waals surface area (Å²) in [7, 11) is 0. The molecule has 0 fully saturated rings. The van der Waals surface area contributed by atoms with Gasteiger partial charge in [-0.2, -0.15) is 0 Å². The molecule has 42 heavy (non-hydrogen) atoms. The Morgan fingerprint density at radius 2 is 1.12 bits per heavy atom. The molecule has 0 spiro atoms. The quantitative estimate of drug-likeness (QED) is 0.217. The Morgan fingerprint density at radius 3 is 1.90 bits per heavy atom. The number of para-hydroxylation sites is 2. The first kappa shape index (κ1) is 24.3. The molecule has 3 heteroatoms. The maximum Gasteiger partial charge on any atom is 0.131 e. The van der Waals surface area contributed by atoms with Crippen LogP contribution in [-0.2, 0) is 0 Å². The molecule has 0 aliphatic rings. The van der Waals surface area contributed by atoms with E-state index >= 15 is 4.39 Å². The van der Waals surface area contributed by atoms with Crippen molar-refractivity contribution in [3.63, 3.8) is 0 Å². The first-order valence-corrected chi connectivity index (χ1v) is 14.1. The summed E-state index contributed by atoms with van der Waals surface area (Å²) in [5.41, 5.74) is 8.66. The van der Waals surface area contributed by atoms with E-state index in [4.69, 9.17) is 0 Å². The number of aromatic nitrogens is 2. The number of halogens is 1. The monoisotopic (exact) mass is 540 g/mol. The Labute approximate surface area is 243 Å². The maximum atomic E-state index is 15.3. The SMILES string of the molecule is Fc1ccc(-c2nccc3ccccc23)cc1-c1cccc(-c2cccc(-n3c4ccccc4c4ccccc43)c2)c1. The third kappa shape index (κ3) is 3.98. The molecular weight excluding hydrogens is 515 g/mol. The number of pyridine rings is 1. The summed E-state index contributed by atoms with van der Waals surface area (Å²) in [6, 6.07) is 49.2. The van der Waals surface area contributed by atoms with E-state index in [2.05, 4.69) is 107 Å². The standard InChI is InChI=1S/C39H25FN2/c40-36-20-19-30(39-32-14-2-1-9-26(32)21-22-41-39)25-35(36)29-12-7-10-27(23-29)28-11-8-13-31(24-28)42-37-17-5-3-15-33(37)34-16-4-6-18-38(34)42/h1-25H. The highest BCUT2D eigenvalue weighted by Crippen LogP contribution is 2.36. The summed E-state index contributed by atoms with van der Waals surface area (Å²) in [5.74, 6) is -0.254. The van der Waals surface area contributed by atoms with Crippen LogP contribution in [-0.4, -0.2) is 9.55 Å². The predicted octanol–water partition coefficient (Wildman–Crippen LogP) is 10.5. The molecule has 2 heterocycles. The number of hydrogen-bond acceptors (Lipinski definition) is 1. The fourth-order valence-electron chi connectivity index (χ4n) is 6.14. The second-order valence-corrected chi connectivity index (χ2v) is 10.6. The van der Waals surface area contributed by atoms with Gasteiger partial charge in [-0.3, -0.25) is 4.98 Å². The summed E-state index contributed by atoms with van der Waals surface area (Å²) >= 11 is 0. The minimum absolute atomic E-state index is 0.254. The summed E-state index contributed by atoms with van der Waals surface area (Å²) in [4.78, 5) is 4.66. The van der Waals surface area contributed by atoms with Gasteiger partial charge in [-0.25, -0.2) is 4.39 Å². The number of nitrogens with zero attached hydrogens (tertiary/aromatic N) is 2. The van der Waals surface area contributed by atoms with Crippen LogP contribution in [0.4, 0.5) is 4.39 Å². The molecule has 198 valence electrons. The van der Waals surface area contributed by atoms with E-state index in [9.17, 15) is 0 Å². The molecule has 2 nitrogen and oxygen atoms in total. The molecule has 0 N–H and O–H groups in total. The Kier molecular flexibility index (Phi) is 5.68. The van der Waals surface area contributed by atoms with Crippen molar-refractivity contribution in [1.82, 2.24) is 9.55 Å². The summed E-state index contributed by atoms with van der Waals surface area (Å²) in [6.45, 7) is 0. The first-order chi connectivity index (χ1) is 20.7. The predicted molar refractivity (Wildman–Crippen MR) is 172 cm³/mol. The maximum absolute atomic E-state index is 15.3. The average Bonchev–Trinajstić information content (AvgIpc) is 3.39. The lowest BCUT2D eigenvalue weighted by Gasteiger charge is -2.12. The van der Waals surface area contributed by atoms with Crippen LogP contribution in [0.2, 0.25) is 0 Å². The van der Waals surface area contributed by atoms with Crippen LogP contribution >= 0.6 is 0 Å². The largest absolute Gasteiger partial charge is 0.309 e.